The van der Waals surface area contributed by atoms with Gasteiger partial charge in [-0.05, 0) is 37.0 Å². The third kappa shape index (κ3) is 2.82. The van der Waals surface area contributed by atoms with Crippen molar-refractivity contribution in [2.24, 2.45) is 0 Å². The normalized spacial score (nSPS) is 18.0. The van der Waals surface area contributed by atoms with E-state index in [1.165, 1.54) is 0 Å². The van der Waals surface area contributed by atoms with Gasteiger partial charge in [-0.1, -0.05) is 36.4 Å². The molecule has 0 atom stereocenters. The molecule has 0 bridgehead atoms. The number of carbonyl (C=O) groups excluding carboxylic acids is 1. The van der Waals surface area contributed by atoms with Gasteiger partial charge in [-0.25, -0.2) is 4.98 Å². The third-order valence-corrected chi connectivity index (χ3v) is 6.17. The van der Waals surface area contributed by atoms with Crippen LogP contribution in [0.5, 0.6) is 0 Å². The molecule has 0 radical (unpaired) electrons. The summed E-state index contributed by atoms with van der Waals surface area (Å²) >= 11 is 0. The topological polar surface area (TPSA) is 51.0 Å². The van der Waals surface area contributed by atoms with Crippen molar-refractivity contribution in [2.75, 3.05) is 13.1 Å². The molecular formula is C23H24N4O. The molecule has 142 valence electrons. The summed E-state index contributed by atoms with van der Waals surface area (Å²) in [6.45, 7) is 4.38. The number of nitrogens with zero attached hydrogens (tertiary/aromatic N) is 4. The van der Waals surface area contributed by atoms with E-state index in [0.29, 0.717) is 5.92 Å². The number of likely N-dealkylation sites (tertiary alicyclic amines) is 1. The van der Waals surface area contributed by atoms with Crippen LogP contribution in [0.2, 0.25) is 0 Å². The smallest absolute Gasteiger partial charge is 0.233 e. The largest absolute Gasteiger partial charge is 0.340 e. The van der Waals surface area contributed by atoms with Gasteiger partial charge in [0.1, 0.15) is 5.82 Å². The van der Waals surface area contributed by atoms with Crippen LogP contribution in [0.4, 0.5) is 0 Å². The van der Waals surface area contributed by atoms with Crippen molar-refractivity contribution in [1.82, 2.24) is 19.4 Å². The second-order valence-electron chi connectivity index (χ2n) is 8.06. The van der Waals surface area contributed by atoms with E-state index < -0.39 is 0 Å². The Kier molecular flexibility index (Phi) is 4.04. The molecule has 1 saturated heterocycles. The molecule has 0 spiro atoms. The van der Waals surface area contributed by atoms with Crippen LogP contribution in [-0.2, 0) is 16.8 Å². The molecule has 28 heavy (non-hydrogen) atoms. The average Bonchev–Trinajstić information content (AvgIpc) is 3.44. The van der Waals surface area contributed by atoms with Gasteiger partial charge in [-0.2, -0.15) is 0 Å². The van der Waals surface area contributed by atoms with E-state index in [4.69, 9.17) is 0 Å². The molecule has 2 fully saturated rings. The number of amides is 1. The summed E-state index contributed by atoms with van der Waals surface area (Å²) < 4.78 is 2.26. The quantitative estimate of drug-likeness (QED) is 0.691. The number of aromatic nitrogens is 3. The minimum Gasteiger partial charge on any atom is -0.340 e. The van der Waals surface area contributed by atoms with Gasteiger partial charge in [-0.15, -0.1) is 0 Å². The van der Waals surface area contributed by atoms with Crippen LogP contribution in [0.15, 0.2) is 61.1 Å². The fraction of sp³-hybridized carbons (Fsp3) is 0.348. The highest BCUT2D eigenvalue weighted by Crippen LogP contribution is 2.50. The van der Waals surface area contributed by atoms with Crippen molar-refractivity contribution in [3.63, 3.8) is 0 Å². The molecule has 0 unspecified atom stereocenters. The van der Waals surface area contributed by atoms with E-state index in [1.807, 2.05) is 41.6 Å². The van der Waals surface area contributed by atoms with Crippen molar-refractivity contribution >= 4 is 5.91 Å². The fourth-order valence-electron chi connectivity index (χ4n) is 4.30. The highest BCUT2D eigenvalue weighted by molar-refractivity contribution is 5.92. The standard InChI is InChI=1S/C23H24N4O/c1-17-12-25-21(27(17)14-18-6-5-11-24-13-18)19-15-26(16-19)22(28)23(9-10-23)20-7-3-2-4-8-20/h2-8,11-13,19H,9-10,14-16H2,1H3. The van der Waals surface area contributed by atoms with Crippen molar-refractivity contribution in [3.8, 4) is 0 Å². The van der Waals surface area contributed by atoms with Crippen LogP contribution in [-0.4, -0.2) is 38.4 Å². The molecule has 0 N–H and O–H groups in total. The Morgan fingerprint density at radius 3 is 2.57 bits per heavy atom. The van der Waals surface area contributed by atoms with E-state index in [9.17, 15) is 4.79 Å². The Morgan fingerprint density at radius 1 is 1.11 bits per heavy atom. The van der Waals surface area contributed by atoms with Gasteiger partial charge in [-0.3, -0.25) is 9.78 Å². The number of hydrogen-bond donors (Lipinski definition) is 0. The fourth-order valence-corrected chi connectivity index (χ4v) is 4.30. The maximum absolute atomic E-state index is 13.2. The lowest BCUT2D eigenvalue weighted by Crippen LogP contribution is -2.52. The average molecular weight is 372 g/mol. The molecule has 3 aromatic rings. The van der Waals surface area contributed by atoms with Crippen LogP contribution in [0.1, 0.15) is 41.4 Å². The second-order valence-corrected chi connectivity index (χ2v) is 8.06. The molecule has 3 heterocycles. The van der Waals surface area contributed by atoms with Crippen LogP contribution < -0.4 is 0 Å². The minimum absolute atomic E-state index is 0.271. The summed E-state index contributed by atoms with van der Waals surface area (Å²) in [6, 6.07) is 14.3. The van der Waals surface area contributed by atoms with Crippen LogP contribution >= 0.6 is 0 Å². The lowest BCUT2D eigenvalue weighted by Gasteiger charge is -2.41. The minimum atomic E-state index is -0.271. The zero-order chi connectivity index (χ0) is 19.1. The van der Waals surface area contributed by atoms with Crippen LogP contribution in [0, 0.1) is 6.92 Å². The lowest BCUT2D eigenvalue weighted by molar-refractivity contribution is -0.138. The molecule has 5 nitrogen and oxygen atoms in total. The number of aryl methyl sites for hydroxylation is 1. The summed E-state index contributed by atoms with van der Waals surface area (Å²) in [7, 11) is 0. The number of hydrogen-bond acceptors (Lipinski definition) is 3. The highest BCUT2D eigenvalue weighted by Gasteiger charge is 2.54. The Balaban J connectivity index is 1.30. The maximum atomic E-state index is 13.2. The van der Waals surface area contributed by atoms with E-state index in [0.717, 1.165) is 55.1 Å². The van der Waals surface area contributed by atoms with Gasteiger partial charge in [0.15, 0.2) is 0 Å². The molecule has 2 aliphatic rings. The molecule has 1 aliphatic carbocycles. The van der Waals surface area contributed by atoms with Crippen LogP contribution in [0.25, 0.3) is 0 Å². The molecule has 2 aromatic heterocycles. The zero-order valence-electron chi connectivity index (χ0n) is 16.1. The first-order valence-electron chi connectivity index (χ1n) is 9.93. The molecule has 1 aliphatic heterocycles. The van der Waals surface area contributed by atoms with E-state index >= 15 is 0 Å². The predicted molar refractivity (Wildman–Crippen MR) is 107 cm³/mol. The molecule has 1 saturated carbocycles. The van der Waals surface area contributed by atoms with E-state index in [2.05, 4.69) is 39.7 Å². The van der Waals surface area contributed by atoms with Gasteiger partial charge in [0.25, 0.3) is 0 Å². The van der Waals surface area contributed by atoms with Crippen molar-refractivity contribution in [2.45, 2.75) is 37.6 Å². The molecule has 5 rings (SSSR count). The Morgan fingerprint density at radius 2 is 1.89 bits per heavy atom. The number of rotatable bonds is 5. The van der Waals surface area contributed by atoms with Crippen LogP contribution in [0.3, 0.4) is 0 Å². The van der Waals surface area contributed by atoms with Gasteiger partial charge < -0.3 is 9.47 Å². The van der Waals surface area contributed by atoms with Gasteiger partial charge in [0.05, 0.1) is 17.9 Å². The number of imidazole rings is 1. The first-order valence-corrected chi connectivity index (χ1v) is 9.93. The Hall–Kier alpha value is -2.95. The maximum Gasteiger partial charge on any atom is 0.233 e. The highest BCUT2D eigenvalue weighted by atomic mass is 16.2. The first-order chi connectivity index (χ1) is 13.7. The predicted octanol–water partition coefficient (Wildman–Crippen LogP) is 3.29. The molecule has 1 aromatic carbocycles. The van der Waals surface area contributed by atoms with E-state index in [-0.39, 0.29) is 11.3 Å². The zero-order valence-corrected chi connectivity index (χ0v) is 16.1. The Bertz CT molecular complexity index is 986. The first kappa shape index (κ1) is 17.2. The van der Waals surface area contributed by atoms with Gasteiger partial charge >= 0.3 is 0 Å². The lowest BCUT2D eigenvalue weighted by atomic mass is 9.90. The SMILES string of the molecule is Cc1cnc(C2CN(C(=O)C3(c4ccccc4)CC3)C2)n1Cc1cccnc1. The summed E-state index contributed by atoms with van der Waals surface area (Å²) in [4.78, 5) is 24.1. The summed E-state index contributed by atoms with van der Waals surface area (Å²) in [5.74, 6) is 1.67. The van der Waals surface area contributed by atoms with Crippen molar-refractivity contribution in [3.05, 3.63) is 83.7 Å². The summed E-state index contributed by atoms with van der Waals surface area (Å²) in [5.41, 5.74) is 3.20. The van der Waals surface area contributed by atoms with E-state index in [1.54, 1.807) is 6.20 Å². The van der Waals surface area contributed by atoms with Crippen molar-refractivity contribution < 1.29 is 4.79 Å². The van der Waals surface area contributed by atoms with Gasteiger partial charge in [0.2, 0.25) is 5.91 Å². The van der Waals surface area contributed by atoms with Crippen molar-refractivity contribution in [1.29, 1.82) is 0 Å². The number of benzene rings is 1. The third-order valence-electron chi connectivity index (χ3n) is 6.17. The molecule has 5 heteroatoms. The van der Waals surface area contributed by atoms with Gasteiger partial charge in [0, 0.05) is 37.4 Å². The molecule has 1 amide bonds. The monoisotopic (exact) mass is 372 g/mol. The summed E-state index contributed by atoms with van der Waals surface area (Å²) in [6.07, 6.45) is 7.55. The summed E-state index contributed by atoms with van der Waals surface area (Å²) in [5, 5.41) is 0. The molecular weight excluding hydrogens is 348 g/mol. The Labute approximate surface area is 165 Å². The number of carbonyl (C=O) groups is 1. The number of pyridine rings is 1. The second kappa shape index (κ2) is 6.59.